The Labute approximate surface area is 120 Å². The molecule has 0 spiro atoms. The molecule has 112 valence electrons. The number of nitro groups is 1. The zero-order chi connectivity index (χ0) is 15.8. The number of aromatic nitrogens is 2. The zero-order valence-electron chi connectivity index (χ0n) is 11.8. The van der Waals surface area contributed by atoms with E-state index in [-0.39, 0.29) is 28.4 Å². The molecule has 0 saturated heterocycles. The lowest BCUT2D eigenvalue weighted by atomic mass is 9.87. The van der Waals surface area contributed by atoms with Crippen molar-refractivity contribution in [1.29, 1.82) is 0 Å². The lowest BCUT2D eigenvalue weighted by Gasteiger charge is -2.23. The molecule has 0 aliphatic carbocycles. The normalized spacial score (nSPS) is 13.2. The minimum absolute atomic E-state index is 0.000425. The minimum atomic E-state index is -0.802. The van der Waals surface area contributed by atoms with Gasteiger partial charge in [-0.15, -0.1) is 0 Å². The van der Waals surface area contributed by atoms with Crippen LogP contribution in [0.25, 0.3) is 11.5 Å². The molecule has 0 aliphatic heterocycles. The van der Waals surface area contributed by atoms with Gasteiger partial charge in [0.05, 0.1) is 22.6 Å². The van der Waals surface area contributed by atoms with Crippen molar-refractivity contribution in [3.63, 3.8) is 0 Å². The summed E-state index contributed by atoms with van der Waals surface area (Å²) in [6, 6.07) is 2.73. The standard InChI is InChI=1S/C13H15FN4O3/c1-13(2,3)10(15)11-16-12(21-17-11)8-5-4-7(18(19)20)6-9(8)14/h4-6,10H,15H2,1-3H3. The highest BCUT2D eigenvalue weighted by Gasteiger charge is 2.27. The molecule has 1 aromatic heterocycles. The van der Waals surface area contributed by atoms with E-state index in [1.807, 2.05) is 20.8 Å². The Bertz CT molecular complexity index is 678. The van der Waals surface area contributed by atoms with Crippen molar-refractivity contribution in [3.8, 4) is 11.5 Å². The molecule has 2 N–H and O–H groups in total. The molecule has 1 heterocycles. The van der Waals surface area contributed by atoms with Crippen molar-refractivity contribution in [1.82, 2.24) is 10.1 Å². The van der Waals surface area contributed by atoms with Gasteiger partial charge in [-0.05, 0) is 11.5 Å². The summed E-state index contributed by atoms with van der Waals surface area (Å²) in [5, 5.41) is 14.3. The molecule has 0 amide bonds. The van der Waals surface area contributed by atoms with Crippen LogP contribution in [0, 0.1) is 21.3 Å². The Hall–Kier alpha value is -2.35. The Kier molecular flexibility index (Phi) is 3.73. The molecule has 8 heteroatoms. The van der Waals surface area contributed by atoms with Crippen molar-refractivity contribution >= 4 is 5.69 Å². The third kappa shape index (κ3) is 3.05. The van der Waals surface area contributed by atoms with Crippen LogP contribution in [0.5, 0.6) is 0 Å². The van der Waals surface area contributed by atoms with Crippen molar-refractivity contribution in [2.75, 3.05) is 0 Å². The topological polar surface area (TPSA) is 108 Å². The Morgan fingerprint density at radius 1 is 1.43 bits per heavy atom. The van der Waals surface area contributed by atoms with Crippen LogP contribution in [-0.2, 0) is 0 Å². The fraction of sp³-hybridized carbons (Fsp3) is 0.385. The van der Waals surface area contributed by atoms with E-state index in [1.54, 1.807) is 0 Å². The molecule has 1 unspecified atom stereocenters. The summed E-state index contributed by atoms with van der Waals surface area (Å²) >= 11 is 0. The van der Waals surface area contributed by atoms with Crippen LogP contribution >= 0.6 is 0 Å². The average Bonchev–Trinajstić information content (AvgIpc) is 2.85. The highest BCUT2D eigenvalue weighted by Crippen LogP contribution is 2.31. The second-order valence-corrected chi connectivity index (χ2v) is 5.72. The Morgan fingerprint density at radius 3 is 2.62 bits per heavy atom. The van der Waals surface area contributed by atoms with E-state index < -0.39 is 16.8 Å². The molecular formula is C13H15FN4O3. The highest BCUT2D eigenvalue weighted by molar-refractivity contribution is 5.56. The molecule has 2 aromatic rings. The predicted octanol–water partition coefficient (Wildman–Crippen LogP) is 2.83. The first kappa shape index (κ1) is 15.0. The smallest absolute Gasteiger partial charge is 0.272 e. The summed E-state index contributed by atoms with van der Waals surface area (Å²) in [7, 11) is 0. The second kappa shape index (κ2) is 5.21. The lowest BCUT2D eigenvalue weighted by molar-refractivity contribution is -0.385. The molecule has 0 aliphatic rings. The molecule has 1 atom stereocenters. The number of rotatable bonds is 3. The third-order valence-corrected chi connectivity index (χ3v) is 3.05. The summed E-state index contributed by atoms with van der Waals surface area (Å²) in [4.78, 5) is 14.0. The average molecular weight is 294 g/mol. The second-order valence-electron chi connectivity index (χ2n) is 5.72. The summed E-state index contributed by atoms with van der Waals surface area (Å²) in [5.41, 5.74) is 5.37. The SMILES string of the molecule is CC(C)(C)C(N)c1noc(-c2ccc([N+](=O)[O-])cc2F)n1. The van der Waals surface area contributed by atoms with Gasteiger partial charge in [0.2, 0.25) is 0 Å². The van der Waals surface area contributed by atoms with Crippen molar-refractivity contribution in [2.24, 2.45) is 11.1 Å². The van der Waals surface area contributed by atoms with Gasteiger partial charge in [-0.2, -0.15) is 4.98 Å². The summed E-state index contributed by atoms with van der Waals surface area (Å²) in [6.07, 6.45) is 0. The van der Waals surface area contributed by atoms with E-state index in [9.17, 15) is 14.5 Å². The summed E-state index contributed by atoms with van der Waals surface area (Å²) in [6.45, 7) is 5.75. The molecule has 0 fully saturated rings. The third-order valence-electron chi connectivity index (χ3n) is 3.05. The maximum atomic E-state index is 13.9. The van der Waals surface area contributed by atoms with Crippen LogP contribution in [0.2, 0.25) is 0 Å². The van der Waals surface area contributed by atoms with E-state index in [0.29, 0.717) is 0 Å². The number of non-ortho nitro benzene ring substituents is 1. The molecular weight excluding hydrogens is 279 g/mol. The minimum Gasteiger partial charge on any atom is -0.334 e. The van der Waals surface area contributed by atoms with Gasteiger partial charge in [0, 0.05) is 6.07 Å². The molecule has 0 bridgehead atoms. The van der Waals surface area contributed by atoms with Gasteiger partial charge in [-0.3, -0.25) is 10.1 Å². The number of hydrogen-bond acceptors (Lipinski definition) is 6. The zero-order valence-corrected chi connectivity index (χ0v) is 11.8. The van der Waals surface area contributed by atoms with Crippen LogP contribution < -0.4 is 5.73 Å². The first-order chi connectivity index (χ1) is 9.70. The molecule has 21 heavy (non-hydrogen) atoms. The fourth-order valence-electron chi connectivity index (χ4n) is 1.65. The predicted molar refractivity (Wildman–Crippen MR) is 72.7 cm³/mol. The van der Waals surface area contributed by atoms with E-state index in [4.69, 9.17) is 10.3 Å². The maximum Gasteiger partial charge on any atom is 0.272 e. The first-order valence-electron chi connectivity index (χ1n) is 6.23. The van der Waals surface area contributed by atoms with Crippen molar-refractivity contribution in [2.45, 2.75) is 26.8 Å². The fourth-order valence-corrected chi connectivity index (χ4v) is 1.65. The summed E-state index contributed by atoms with van der Waals surface area (Å²) in [5.74, 6) is -0.601. The first-order valence-corrected chi connectivity index (χ1v) is 6.23. The van der Waals surface area contributed by atoms with Crippen LogP contribution in [0.4, 0.5) is 10.1 Å². The van der Waals surface area contributed by atoms with Gasteiger partial charge >= 0.3 is 0 Å². The number of benzene rings is 1. The van der Waals surface area contributed by atoms with Crippen LogP contribution in [0.1, 0.15) is 32.6 Å². The number of nitrogens with zero attached hydrogens (tertiary/aromatic N) is 3. The van der Waals surface area contributed by atoms with Gasteiger partial charge < -0.3 is 10.3 Å². The Morgan fingerprint density at radius 2 is 2.10 bits per heavy atom. The highest BCUT2D eigenvalue weighted by atomic mass is 19.1. The van der Waals surface area contributed by atoms with Crippen LogP contribution in [0.15, 0.2) is 22.7 Å². The molecule has 0 saturated carbocycles. The largest absolute Gasteiger partial charge is 0.334 e. The lowest BCUT2D eigenvalue weighted by Crippen LogP contribution is -2.27. The number of hydrogen-bond donors (Lipinski definition) is 1. The number of halogens is 1. The van der Waals surface area contributed by atoms with Gasteiger partial charge in [-0.1, -0.05) is 25.9 Å². The summed E-state index contributed by atoms with van der Waals surface area (Å²) < 4.78 is 18.9. The van der Waals surface area contributed by atoms with Crippen LogP contribution in [-0.4, -0.2) is 15.1 Å². The molecule has 0 radical (unpaired) electrons. The van der Waals surface area contributed by atoms with Crippen LogP contribution in [0.3, 0.4) is 0 Å². The van der Waals surface area contributed by atoms with E-state index in [0.717, 1.165) is 6.07 Å². The Balaban J connectivity index is 2.36. The van der Waals surface area contributed by atoms with E-state index in [1.165, 1.54) is 12.1 Å². The monoisotopic (exact) mass is 294 g/mol. The van der Waals surface area contributed by atoms with E-state index >= 15 is 0 Å². The molecule has 2 rings (SSSR count). The number of nitrogens with two attached hydrogens (primary N) is 1. The van der Waals surface area contributed by atoms with Gasteiger partial charge in [0.15, 0.2) is 5.82 Å². The van der Waals surface area contributed by atoms with Crippen molar-refractivity contribution < 1.29 is 13.8 Å². The van der Waals surface area contributed by atoms with E-state index in [2.05, 4.69) is 10.1 Å². The quantitative estimate of drug-likeness (QED) is 0.688. The van der Waals surface area contributed by atoms with Gasteiger partial charge in [0.1, 0.15) is 5.82 Å². The van der Waals surface area contributed by atoms with Gasteiger partial charge in [-0.25, -0.2) is 4.39 Å². The van der Waals surface area contributed by atoms with Crippen molar-refractivity contribution in [3.05, 3.63) is 40.0 Å². The molecule has 1 aromatic carbocycles. The van der Waals surface area contributed by atoms with Gasteiger partial charge in [0.25, 0.3) is 11.6 Å². The molecule has 7 nitrogen and oxygen atoms in total. The number of nitro benzene ring substituents is 1. The maximum absolute atomic E-state index is 13.9.